The van der Waals surface area contributed by atoms with Gasteiger partial charge in [-0.15, -0.1) is 0 Å². The van der Waals surface area contributed by atoms with Crippen LogP contribution in [0, 0.1) is 0 Å². The zero-order valence-electron chi connectivity index (χ0n) is 19.1. The molecule has 0 radical (unpaired) electrons. The van der Waals surface area contributed by atoms with Gasteiger partial charge in [0.2, 0.25) is 10.0 Å². The van der Waals surface area contributed by atoms with Crippen molar-refractivity contribution >= 4 is 44.5 Å². The van der Waals surface area contributed by atoms with Crippen LogP contribution in [0.2, 0.25) is 0 Å². The van der Waals surface area contributed by atoms with Gasteiger partial charge < -0.3 is 19.7 Å². The SMILES string of the molecule is CCOC(=O)c1ccc2c(C=Nc3ccc(N(CCN(C)C)S(C)(=O)=O)cc3)c(O)[nH]c2c1. The van der Waals surface area contributed by atoms with Gasteiger partial charge in [-0.05, 0) is 57.4 Å². The number of sulfonamides is 1. The first kappa shape index (κ1) is 24.3. The van der Waals surface area contributed by atoms with Crippen molar-refractivity contribution in [2.75, 3.05) is 44.4 Å². The van der Waals surface area contributed by atoms with Crippen molar-refractivity contribution in [2.24, 2.45) is 4.99 Å². The van der Waals surface area contributed by atoms with Gasteiger partial charge >= 0.3 is 5.97 Å². The molecule has 9 nitrogen and oxygen atoms in total. The molecule has 2 aromatic carbocycles. The maximum Gasteiger partial charge on any atom is 0.338 e. The van der Waals surface area contributed by atoms with Crippen molar-refractivity contribution in [1.82, 2.24) is 9.88 Å². The number of esters is 1. The van der Waals surface area contributed by atoms with Gasteiger partial charge in [-0.2, -0.15) is 0 Å². The van der Waals surface area contributed by atoms with E-state index in [9.17, 15) is 18.3 Å². The van der Waals surface area contributed by atoms with E-state index >= 15 is 0 Å². The van der Waals surface area contributed by atoms with Gasteiger partial charge in [0.1, 0.15) is 0 Å². The summed E-state index contributed by atoms with van der Waals surface area (Å²) < 4.78 is 30.7. The number of nitrogens with zero attached hydrogens (tertiary/aromatic N) is 3. The average molecular weight is 473 g/mol. The quantitative estimate of drug-likeness (QED) is 0.365. The Hall–Kier alpha value is -3.37. The molecule has 0 spiro atoms. The highest BCUT2D eigenvalue weighted by Gasteiger charge is 2.17. The number of aliphatic imine (C=N–C) groups is 1. The van der Waals surface area contributed by atoms with Crippen molar-refractivity contribution in [3.8, 4) is 5.88 Å². The molecule has 0 fully saturated rings. The number of ether oxygens (including phenoxy) is 1. The summed E-state index contributed by atoms with van der Waals surface area (Å²) in [6.07, 6.45) is 2.70. The third-order valence-corrected chi connectivity index (χ3v) is 6.15. The second-order valence-corrected chi connectivity index (χ2v) is 9.69. The van der Waals surface area contributed by atoms with Crippen LogP contribution in [0.4, 0.5) is 11.4 Å². The van der Waals surface area contributed by atoms with Crippen molar-refractivity contribution in [3.63, 3.8) is 0 Å². The predicted octanol–water partition coefficient (Wildman–Crippen LogP) is 3.13. The molecule has 0 bridgehead atoms. The Balaban J connectivity index is 1.83. The number of nitrogens with one attached hydrogen (secondary N) is 1. The fraction of sp³-hybridized carbons (Fsp3) is 0.304. The van der Waals surface area contributed by atoms with Gasteiger partial charge in [0.05, 0.1) is 35.4 Å². The van der Waals surface area contributed by atoms with E-state index < -0.39 is 16.0 Å². The first-order chi connectivity index (χ1) is 15.6. The predicted molar refractivity (Wildman–Crippen MR) is 130 cm³/mol. The molecule has 2 N–H and O–H groups in total. The second-order valence-electron chi connectivity index (χ2n) is 7.78. The molecular formula is C23H28N4O5S. The fourth-order valence-electron chi connectivity index (χ4n) is 3.30. The summed E-state index contributed by atoms with van der Waals surface area (Å²) in [5, 5.41) is 11.0. The van der Waals surface area contributed by atoms with Crippen molar-refractivity contribution in [2.45, 2.75) is 6.92 Å². The van der Waals surface area contributed by atoms with Crippen LogP contribution in [-0.4, -0.2) is 75.6 Å². The van der Waals surface area contributed by atoms with E-state index in [2.05, 4.69) is 9.98 Å². The normalized spacial score (nSPS) is 12.0. The van der Waals surface area contributed by atoms with Crippen LogP contribution in [-0.2, 0) is 14.8 Å². The molecule has 0 aliphatic heterocycles. The largest absolute Gasteiger partial charge is 0.494 e. The number of aromatic amines is 1. The highest BCUT2D eigenvalue weighted by molar-refractivity contribution is 7.92. The van der Waals surface area contributed by atoms with Crippen LogP contribution < -0.4 is 4.31 Å². The minimum Gasteiger partial charge on any atom is -0.494 e. The number of anilines is 1. The van der Waals surface area contributed by atoms with Gasteiger partial charge in [0.25, 0.3) is 0 Å². The highest BCUT2D eigenvalue weighted by atomic mass is 32.2. The minimum absolute atomic E-state index is 0.0710. The zero-order valence-corrected chi connectivity index (χ0v) is 19.9. The van der Waals surface area contributed by atoms with Gasteiger partial charge in [-0.3, -0.25) is 9.30 Å². The lowest BCUT2D eigenvalue weighted by Gasteiger charge is -2.24. The van der Waals surface area contributed by atoms with Crippen LogP contribution in [0.25, 0.3) is 10.9 Å². The standard InChI is InChI=1S/C23H28N4O5S/c1-5-32-23(29)16-6-11-19-20(22(28)25-21(19)14-16)15-24-17-7-9-18(10-8-17)27(33(4,30)31)13-12-26(2)3/h6-11,14-15,25,28H,5,12-13H2,1-4H3. The van der Waals surface area contributed by atoms with Crippen LogP contribution in [0.15, 0.2) is 47.5 Å². The Bertz CT molecular complexity index is 1260. The maximum absolute atomic E-state index is 12.2. The smallest absolute Gasteiger partial charge is 0.338 e. The van der Waals surface area contributed by atoms with E-state index in [-0.39, 0.29) is 12.5 Å². The summed E-state index contributed by atoms with van der Waals surface area (Å²) in [6.45, 7) is 2.94. The molecule has 0 unspecified atom stereocenters. The van der Waals surface area contributed by atoms with Crippen molar-refractivity contribution < 1.29 is 23.1 Å². The van der Waals surface area contributed by atoms with Crippen LogP contribution in [0.1, 0.15) is 22.8 Å². The number of rotatable bonds is 9. The molecule has 0 aliphatic rings. The Morgan fingerprint density at radius 3 is 2.45 bits per heavy atom. The molecule has 3 rings (SSSR count). The topological polar surface area (TPSA) is 115 Å². The lowest BCUT2D eigenvalue weighted by atomic mass is 10.1. The number of H-pyrrole nitrogens is 1. The molecule has 3 aromatic rings. The Morgan fingerprint density at radius 1 is 1.15 bits per heavy atom. The summed E-state index contributed by atoms with van der Waals surface area (Å²) >= 11 is 0. The molecule has 0 atom stereocenters. The summed E-state index contributed by atoms with van der Waals surface area (Å²) in [4.78, 5) is 21.1. The summed E-state index contributed by atoms with van der Waals surface area (Å²) in [6, 6.07) is 11.8. The molecule has 0 saturated heterocycles. The summed E-state index contributed by atoms with van der Waals surface area (Å²) in [5.41, 5.74) is 2.60. The number of hydrogen-bond acceptors (Lipinski definition) is 7. The maximum atomic E-state index is 12.2. The van der Waals surface area contributed by atoms with Crippen molar-refractivity contribution in [1.29, 1.82) is 0 Å². The molecule has 33 heavy (non-hydrogen) atoms. The Labute approximate surface area is 193 Å². The average Bonchev–Trinajstić information content (AvgIpc) is 3.06. The van der Waals surface area contributed by atoms with E-state index in [0.29, 0.717) is 46.5 Å². The van der Waals surface area contributed by atoms with Crippen LogP contribution in [0.3, 0.4) is 0 Å². The number of aromatic nitrogens is 1. The molecule has 0 saturated carbocycles. The Kier molecular flexibility index (Phi) is 7.39. The molecule has 0 aliphatic carbocycles. The number of carbonyl (C=O) groups excluding carboxylic acids is 1. The molecular weight excluding hydrogens is 444 g/mol. The molecule has 0 amide bonds. The zero-order chi connectivity index (χ0) is 24.2. The molecule has 1 heterocycles. The lowest BCUT2D eigenvalue weighted by molar-refractivity contribution is 0.0526. The first-order valence-corrected chi connectivity index (χ1v) is 12.2. The first-order valence-electron chi connectivity index (χ1n) is 10.4. The van der Waals surface area contributed by atoms with Gasteiger partial charge in [-0.1, -0.05) is 6.07 Å². The lowest BCUT2D eigenvalue weighted by Crippen LogP contribution is -2.35. The van der Waals surface area contributed by atoms with Crippen LogP contribution in [0.5, 0.6) is 5.88 Å². The number of likely N-dealkylation sites (N-methyl/N-ethyl adjacent to an activating group) is 1. The number of fused-ring (bicyclic) bond motifs is 1. The summed E-state index contributed by atoms with van der Waals surface area (Å²) in [5.74, 6) is -0.504. The minimum atomic E-state index is -3.42. The second kappa shape index (κ2) is 10.1. The van der Waals surface area contributed by atoms with E-state index in [1.807, 2.05) is 19.0 Å². The number of hydrogen-bond donors (Lipinski definition) is 2. The third kappa shape index (κ3) is 5.91. The fourth-order valence-corrected chi connectivity index (χ4v) is 4.22. The van der Waals surface area contributed by atoms with Gasteiger partial charge in [0.15, 0.2) is 5.88 Å². The number of aromatic hydroxyl groups is 1. The van der Waals surface area contributed by atoms with Crippen molar-refractivity contribution in [3.05, 3.63) is 53.6 Å². The van der Waals surface area contributed by atoms with Crippen LogP contribution >= 0.6 is 0 Å². The highest BCUT2D eigenvalue weighted by Crippen LogP contribution is 2.28. The molecule has 176 valence electrons. The Morgan fingerprint density at radius 2 is 1.85 bits per heavy atom. The monoisotopic (exact) mass is 472 g/mol. The third-order valence-electron chi connectivity index (χ3n) is 4.96. The van der Waals surface area contributed by atoms with E-state index in [4.69, 9.17) is 4.74 Å². The summed E-state index contributed by atoms with van der Waals surface area (Å²) in [7, 11) is 0.350. The van der Waals surface area contributed by atoms with Gasteiger partial charge in [0, 0.05) is 30.2 Å². The molecule has 1 aromatic heterocycles. The van der Waals surface area contributed by atoms with E-state index in [1.165, 1.54) is 16.8 Å². The van der Waals surface area contributed by atoms with E-state index in [0.717, 1.165) is 0 Å². The number of benzene rings is 2. The molecule has 10 heteroatoms. The number of carbonyl (C=O) groups is 1. The van der Waals surface area contributed by atoms with Gasteiger partial charge in [-0.25, -0.2) is 13.2 Å². The van der Waals surface area contributed by atoms with E-state index in [1.54, 1.807) is 49.4 Å².